The van der Waals surface area contributed by atoms with E-state index in [1.165, 1.54) is 12.1 Å². The summed E-state index contributed by atoms with van der Waals surface area (Å²) in [4.78, 5) is 11.9. The fourth-order valence-electron chi connectivity index (χ4n) is 1.61. The lowest BCUT2D eigenvalue weighted by atomic mass is 10.2. The second-order valence-corrected chi connectivity index (χ2v) is 5.57. The fourth-order valence-corrected chi connectivity index (χ4v) is 2.76. The molecule has 0 saturated carbocycles. The van der Waals surface area contributed by atoms with Crippen molar-refractivity contribution >= 4 is 44.1 Å². The van der Waals surface area contributed by atoms with Gasteiger partial charge < -0.3 is 10.1 Å². The first-order valence-electron chi connectivity index (χ1n) is 5.88. The van der Waals surface area contributed by atoms with Gasteiger partial charge in [-0.3, -0.25) is 0 Å². The number of halogens is 2. The number of ether oxygens (including phenoxy) is 1. The predicted octanol–water partition coefficient (Wildman–Crippen LogP) is 4.27. The van der Waals surface area contributed by atoms with Crippen molar-refractivity contribution in [3.8, 4) is 0 Å². The maximum Gasteiger partial charge on any atom is 0.343 e. The molecule has 0 aliphatic carbocycles. The molecule has 1 N–H and O–H groups in total. The Morgan fingerprint density at radius 2 is 2.30 bits per heavy atom. The average Bonchev–Trinajstić information content (AvgIpc) is 2.75. The molecule has 0 fully saturated rings. The van der Waals surface area contributed by atoms with E-state index in [2.05, 4.69) is 25.6 Å². The van der Waals surface area contributed by atoms with Crippen LogP contribution in [0.4, 0.5) is 15.1 Å². The lowest BCUT2D eigenvalue weighted by Gasteiger charge is -2.08. The van der Waals surface area contributed by atoms with Gasteiger partial charge in [-0.15, -0.1) is 0 Å². The van der Waals surface area contributed by atoms with E-state index in [0.29, 0.717) is 26.4 Å². The van der Waals surface area contributed by atoms with Gasteiger partial charge in [0.2, 0.25) is 0 Å². The van der Waals surface area contributed by atoms with Crippen LogP contribution >= 0.6 is 27.5 Å². The Bertz CT molecular complexity index is 645. The van der Waals surface area contributed by atoms with Crippen molar-refractivity contribution in [2.45, 2.75) is 13.8 Å². The van der Waals surface area contributed by atoms with E-state index in [4.69, 9.17) is 4.74 Å². The fraction of sp³-hybridized carbons (Fsp3) is 0.231. The lowest BCUT2D eigenvalue weighted by Crippen LogP contribution is -2.07. The third-order valence-electron chi connectivity index (χ3n) is 2.52. The van der Waals surface area contributed by atoms with Gasteiger partial charge in [-0.05, 0) is 59.5 Å². The quantitative estimate of drug-likeness (QED) is 0.829. The minimum atomic E-state index is -0.436. The summed E-state index contributed by atoms with van der Waals surface area (Å²) in [5.74, 6) is -0.802. The van der Waals surface area contributed by atoms with Crippen LogP contribution in [0.1, 0.15) is 23.0 Å². The molecule has 7 heteroatoms. The number of aryl methyl sites for hydroxylation is 1. The van der Waals surface area contributed by atoms with Crippen molar-refractivity contribution in [3.05, 3.63) is 39.7 Å². The zero-order chi connectivity index (χ0) is 14.7. The monoisotopic (exact) mass is 358 g/mol. The number of nitrogens with one attached hydrogen (secondary N) is 1. The molecule has 0 aliphatic heterocycles. The Balaban J connectivity index is 2.34. The Labute approximate surface area is 128 Å². The molecule has 1 aromatic carbocycles. The number of benzene rings is 1. The number of rotatable bonds is 4. The van der Waals surface area contributed by atoms with Crippen LogP contribution in [0.15, 0.2) is 22.7 Å². The van der Waals surface area contributed by atoms with E-state index in [1.54, 1.807) is 19.9 Å². The van der Waals surface area contributed by atoms with Crippen molar-refractivity contribution in [1.29, 1.82) is 0 Å². The minimum absolute atomic E-state index is 0.289. The zero-order valence-electron chi connectivity index (χ0n) is 10.9. The van der Waals surface area contributed by atoms with Crippen LogP contribution in [-0.4, -0.2) is 16.9 Å². The van der Waals surface area contributed by atoms with E-state index in [1.807, 2.05) is 0 Å². The molecule has 0 unspecified atom stereocenters. The van der Waals surface area contributed by atoms with Crippen molar-refractivity contribution in [2.24, 2.45) is 0 Å². The van der Waals surface area contributed by atoms with E-state index < -0.39 is 5.97 Å². The van der Waals surface area contributed by atoms with Crippen LogP contribution in [0.3, 0.4) is 0 Å². The van der Waals surface area contributed by atoms with E-state index in [-0.39, 0.29) is 12.4 Å². The van der Waals surface area contributed by atoms with E-state index in [9.17, 15) is 9.18 Å². The summed E-state index contributed by atoms with van der Waals surface area (Å²) in [7, 11) is 0. The number of esters is 1. The van der Waals surface area contributed by atoms with Gasteiger partial charge in [-0.1, -0.05) is 0 Å². The van der Waals surface area contributed by atoms with Gasteiger partial charge in [0, 0.05) is 4.47 Å². The first kappa shape index (κ1) is 14.9. The molecule has 0 saturated heterocycles. The highest BCUT2D eigenvalue weighted by Gasteiger charge is 2.20. The van der Waals surface area contributed by atoms with Gasteiger partial charge in [0.1, 0.15) is 16.4 Å². The first-order valence-corrected chi connectivity index (χ1v) is 7.45. The maximum absolute atomic E-state index is 13.3. The molecule has 4 nitrogen and oxygen atoms in total. The molecule has 0 amide bonds. The molecular formula is C13H12BrFN2O2S. The molecule has 0 radical (unpaired) electrons. The average molecular weight is 359 g/mol. The molecule has 20 heavy (non-hydrogen) atoms. The van der Waals surface area contributed by atoms with Crippen LogP contribution in [0.5, 0.6) is 0 Å². The van der Waals surface area contributed by atoms with Crippen LogP contribution in [-0.2, 0) is 4.74 Å². The van der Waals surface area contributed by atoms with Gasteiger partial charge in [0.25, 0.3) is 0 Å². The highest BCUT2D eigenvalue weighted by atomic mass is 79.9. The number of hydrogen-bond donors (Lipinski definition) is 1. The summed E-state index contributed by atoms with van der Waals surface area (Å²) in [6, 6.07) is 4.28. The molecule has 106 valence electrons. The molecule has 1 heterocycles. The molecule has 2 aromatic rings. The van der Waals surface area contributed by atoms with Crippen LogP contribution < -0.4 is 5.32 Å². The summed E-state index contributed by atoms with van der Waals surface area (Å²) in [6.07, 6.45) is 0. The molecule has 0 spiro atoms. The first-order chi connectivity index (χ1) is 9.52. The highest BCUT2D eigenvalue weighted by Crippen LogP contribution is 2.32. The van der Waals surface area contributed by atoms with Gasteiger partial charge in [0.05, 0.1) is 18.0 Å². The van der Waals surface area contributed by atoms with Crippen molar-refractivity contribution in [3.63, 3.8) is 0 Å². The summed E-state index contributed by atoms with van der Waals surface area (Å²) < 4.78 is 23.1. The van der Waals surface area contributed by atoms with Crippen molar-refractivity contribution in [1.82, 2.24) is 4.37 Å². The summed E-state index contributed by atoms with van der Waals surface area (Å²) in [5.41, 5.74) is 1.50. The number of carbonyl (C=O) groups excluding carboxylic acids is 1. The summed E-state index contributed by atoms with van der Waals surface area (Å²) in [6.45, 7) is 3.76. The predicted molar refractivity (Wildman–Crippen MR) is 80.2 cm³/mol. The minimum Gasteiger partial charge on any atom is -0.462 e. The number of anilines is 2. The second kappa shape index (κ2) is 6.32. The summed E-state index contributed by atoms with van der Waals surface area (Å²) in [5, 5.41) is 3.54. The lowest BCUT2D eigenvalue weighted by molar-refractivity contribution is 0.0527. The summed E-state index contributed by atoms with van der Waals surface area (Å²) >= 11 is 4.46. The number of aromatic nitrogens is 1. The molecule has 2 rings (SSSR count). The van der Waals surface area contributed by atoms with E-state index >= 15 is 0 Å². The van der Waals surface area contributed by atoms with Crippen molar-refractivity contribution in [2.75, 3.05) is 11.9 Å². The standard InChI is InChI=1S/C13H12BrFN2O2S/c1-3-19-13(18)11-7(2)17-20-12(11)16-10-6-8(15)4-5-9(10)14/h4-6,16H,3H2,1-2H3. The number of nitrogens with zero attached hydrogens (tertiary/aromatic N) is 1. The molecule has 0 aliphatic rings. The largest absolute Gasteiger partial charge is 0.462 e. The molecular weight excluding hydrogens is 347 g/mol. The van der Waals surface area contributed by atoms with Crippen LogP contribution in [0.25, 0.3) is 0 Å². The number of hydrogen-bond acceptors (Lipinski definition) is 5. The third-order valence-corrected chi connectivity index (χ3v) is 4.06. The Morgan fingerprint density at radius 1 is 1.55 bits per heavy atom. The Morgan fingerprint density at radius 3 is 3.00 bits per heavy atom. The normalized spacial score (nSPS) is 10.4. The SMILES string of the molecule is CCOC(=O)c1c(C)nsc1Nc1cc(F)ccc1Br. The van der Waals surface area contributed by atoms with Crippen molar-refractivity contribution < 1.29 is 13.9 Å². The molecule has 1 aromatic heterocycles. The Kier molecular flexibility index (Phi) is 4.72. The van der Waals surface area contributed by atoms with Gasteiger partial charge in [-0.25, -0.2) is 9.18 Å². The van der Waals surface area contributed by atoms with Gasteiger partial charge in [0.15, 0.2) is 0 Å². The topological polar surface area (TPSA) is 51.2 Å². The Hall–Kier alpha value is -1.47. The van der Waals surface area contributed by atoms with Gasteiger partial charge >= 0.3 is 5.97 Å². The van der Waals surface area contributed by atoms with Gasteiger partial charge in [-0.2, -0.15) is 4.37 Å². The zero-order valence-corrected chi connectivity index (χ0v) is 13.3. The van der Waals surface area contributed by atoms with E-state index in [0.717, 1.165) is 11.5 Å². The third kappa shape index (κ3) is 3.16. The second-order valence-electron chi connectivity index (χ2n) is 3.94. The maximum atomic E-state index is 13.3. The number of carbonyl (C=O) groups is 1. The molecule has 0 atom stereocenters. The molecule has 0 bridgehead atoms. The van der Waals surface area contributed by atoms with Crippen LogP contribution in [0.2, 0.25) is 0 Å². The smallest absolute Gasteiger partial charge is 0.343 e. The van der Waals surface area contributed by atoms with Crippen LogP contribution in [0, 0.1) is 12.7 Å². The highest BCUT2D eigenvalue weighted by molar-refractivity contribution is 9.10.